The monoisotopic (exact) mass is 281 g/mol. The number of carbonyl (C=O) groups is 1. The summed E-state index contributed by atoms with van der Waals surface area (Å²) in [6, 6.07) is 16.4. The van der Waals surface area contributed by atoms with Crippen molar-refractivity contribution in [3.8, 4) is 0 Å². The minimum atomic E-state index is -0.267. The minimum Gasteiger partial charge on any atom is -0.462 e. The van der Waals surface area contributed by atoms with Crippen LogP contribution in [-0.4, -0.2) is 18.6 Å². The summed E-state index contributed by atoms with van der Waals surface area (Å²) in [7, 11) is 0. The lowest BCUT2D eigenvalue weighted by molar-refractivity contribution is 0.0527. The fraction of sp³-hybridized carbons (Fsp3) is 0.278. The first-order valence-corrected chi connectivity index (χ1v) is 7.37. The Morgan fingerprint density at radius 3 is 2.38 bits per heavy atom. The molecule has 0 aliphatic heterocycles. The van der Waals surface area contributed by atoms with Crippen molar-refractivity contribution in [2.75, 3.05) is 11.9 Å². The predicted molar refractivity (Wildman–Crippen MR) is 83.7 cm³/mol. The molecule has 0 saturated carbocycles. The molecule has 21 heavy (non-hydrogen) atoms. The first-order chi connectivity index (χ1) is 10.3. The fourth-order valence-corrected chi connectivity index (χ4v) is 2.88. The van der Waals surface area contributed by atoms with Crippen LogP contribution in [0, 0.1) is 0 Å². The molecule has 0 spiro atoms. The second kappa shape index (κ2) is 6.00. The van der Waals surface area contributed by atoms with Gasteiger partial charge in [-0.1, -0.05) is 36.4 Å². The Labute approximate surface area is 124 Å². The number of fused-ring (bicyclic) bond motifs is 1. The maximum Gasteiger partial charge on any atom is 0.340 e. The number of carbonyl (C=O) groups excluding carboxylic acids is 1. The molecule has 0 unspecified atom stereocenters. The van der Waals surface area contributed by atoms with Gasteiger partial charge >= 0.3 is 5.97 Å². The van der Waals surface area contributed by atoms with E-state index in [0.29, 0.717) is 18.2 Å². The second-order valence-corrected chi connectivity index (χ2v) is 5.28. The van der Waals surface area contributed by atoms with Crippen molar-refractivity contribution >= 4 is 11.7 Å². The summed E-state index contributed by atoms with van der Waals surface area (Å²) in [6.07, 6.45) is 1.99. The summed E-state index contributed by atoms with van der Waals surface area (Å²) in [4.78, 5) is 12.0. The van der Waals surface area contributed by atoms with Gasteiger partial charge in [0, 0.05) is 11.7 Å². The SMILES string of the molecule is CCOC(=O)c1ccccc1NC1Cc2ccccc2C1. The highest BCUT2D eigenvalue weighted by molar-refractivity contribution is 5.95. The zero-order valence-corrected chi connectivity index (χ0v) is 12.1. The van der Waals surface area contributed by atoms with Gasteiger partial charge in [-0.05, 0) is 43.0 Å². The fourth-order valence-electron chi connectivity index (χ4n) is 2.88. The third-order valence-electron chi connectivity index (χ3n) is 3.83. The molecule has 2 aromatic carbocycles. The Kier molecular flexibility index (Phi) is 3.91. The molecular weight excluding hydrogens is 262 g/mol. The van der Waals surface area contributed by atoms with Gasteiger partial charge in [-0.2, -0.15) is 0 Å². The van der Waals surface area contributed by atoms with Crippen LogP contribution in [-0.2, 0) is 17.6 Å². The molecule has 3 nitrogen and oxygen atoms in total. The molecule has 0 atom stereocenters. The summed E-state index contributed by atoms with van der Waals surface area (Å²) in [6.45, 7) is 2.21. The van der Waals surface area contributed by atoms with Crippen LogP contribution in [0.5, 0.6) is 0 Å². The highest BCUT2D eigenvalue weighted by Gasteiger charge is 2.22. The first kappa shape index (κ1) is 13.7. The third-order valence-corrected chi connectivity index (χ3v) is 3.83. The zero-order valence-electron chi connectivity index (χ0n) is 12.1. The van der Waals surface area contributed by atoms with E-state index in [1.54, 1.807) is 0 Å². The number of esters is 1. The van der Waals surface area contributed by atoms with E-state index in [-0.39, 0.29) is 5.97 Å². The van der Waals surface area contributed by atoms with E-state index in [0.717, 1.165) is 18.5 Å². The molecule has 0 radical (unpaired) electrons. The normalized spacial score (nSPS) is 13.8. The van der Waals surface area contributed by atoms with Crippen LogP contribution in [0.25, 0.3) is 0 Å². The zero-order chi connectivity index (χ0) is 14.7. The maximum absolute atomic E-state index is 12.0. The lowest BCUT2D eigenvalue weighted by atomic mass is 10.1. The Morgan fingerprint density at radius 2 is 1.71 bits per heavy atom. The molecular formula is C18H19NO2. The van der Waals surface area contributed by atoms with Crippen molar-refractivity contribution in [3.05, 3.63) is 65.2 Å². The molecule has 0 saturated heterocycles. The summed E-state index contributed by atoms with van der Waals surface area (Å²) in [5, 5.41) is 3.49. The molecule has 0 aromatic heterocycles. The van der Waals surface area contributed by atoms with Crippen molar-refractivity contribution in [2.24, 2.45) is 0 Å². The molecule has 0 fully saturated rings. The van der Waals surface area contributed by atoms with Crippen molar-refractivity contribution < 1.29 is 9.53 Å². The van der Waals surface area contributed by atoms with E-state index in [1.165, 1.54) is 11.1 Å². The molecule has 2 aromatic rings. The van der Waals surface area contributed by atoms with E-state index in [2.05, 4.69) is 29.6 Å². The number of anilines is 1. The van der Waals surface area contributed by atoms with E-state index in [9.17, 15) is 4.79 Å². The van der Waals surface area contributed by atoms with E-state index in [1.807, 2.05) is 31.2 Å². The number of rotatable bonds is 4. The van der Waals surface area contributed by atoms with Crippen LogP contribution in [0.4, 0.5) is 5.69 Å². The van der Waals surface area contributed by atoms with Gasteiger partial charge in [-0.3, -0.25) is 0 Å². The van der Waals surface area contributed by atoms with Gasteiger partial charge in [0.1, 0.15) is 0 Å². The minimum absolute atomic E-state index is 0.267. The van der Waals surface area contributed by atoms with Gasteiger partial charge in [-0.25, -0.2) is 4.79 Å². The lowest BCUT2D eigenvalue weighted by Crippen LogP contribution is -2.21. The summed E-state index contributed by atoms with van der Waals surface area (Å²) >= 11 is 0. The van der Waals surface area contributed by atoms with Gasteiger partial charge in [0.15, 0.2) is 0 Å². The molecule has 1 aliphatic carbocycles. The largest absolute Gasteiger partial charge is 0.462 e. The Morgan fingerprint density at radius 1 is 1.10 bits per heavy atom. The van der Waals surface area contributed by atoms with Crippen molar-refractivity contribution in [3.63, 3.8) is 0 Å². The Balaban J connectivity index is 1.76. The van der Waals surface area contributed by atoms with Gasteiger partial charge in [0.05, 0.1) is 12.2 Å². The van der Waals surface area contributed by atoms with Crippen molar-refractivity contribution in [1.82, 2.24) is 0 Å². The van der Waals surface area contributed by atoms with Gasteiger partial charge < -0.3 is 10.1 Å². The number of ether oxygens (including phenoxy) is 1. The topological polar surface area (TPSA) is 38.3 Å². The van der Waals surface area contributed by atoms with Crippen LogP contribution in [0.15, 0.2) is 48.5 Å². The molecule has 1 aliphatic rings. The van der Waals surface area contributed by atoms with Crippen LogP contribution in [0.2, 0.25) is 0 Å². The second-order valence-electron chi connectivity index (χ2n) is 5.28. The molecule has 1 N–H and O–H groups in total. The van der Waals surface area contributed by atoms with Crippen LogP contribution in [0.1, 0.15) is 28.4 Å². The average Bonchev–Trinajstić information content (AvgIpc) is 2.90. The van der Waals surface area contributed by atoms with Crippen molar-refractivity contribution in [2.45, 2.75) is 25.8 Å². The molecule has 0 amide bonds. The number of nitrogens with one attached hydrogen (secondary N) is 1. The molecule has 0 bridgehead atoms. The average molecular weight is 281 g/mol. The molecule has 0 heterocycles. The van der Waals surface area contributed by atoms with Crippen LogP contribution < -0.4 is 5.32 Å². The summed E-state index contributed by atoms with van der Waals surface area (Å²) in [5.41, 5.74) is 4.25. The highest BCUT2D eigenvalue weighted by Crippen LogP contribution is 2.26. The maximum atomic E-state index is 12.0. The summed E-state index contributed by atoms with van der Waals surface area (Å²) < 4.78 is 5.12. The Bertz CT molecular complexity index is 626. The van der Waals surface area contributed by atoms with Crippen LogP contribution >= 0.6 is 0 Å². The molecule has 3 heteroatoms. The third kappa shape index (κ3) is 2.92. The standard InChI is InChI=1S/C18H19NO2/c1-2-21-18(20)16-9-5-6-10-17(16)19-15-11-13-7-3-4-8-14(13)12-15/h3-10,15,19H,2,11-12H2,1H3. The summed E-state index contributed by atoms with van der Waals surface area (Å²) in [5.74, 6) is -0.267. The first-order valence-electron chi connectivity index (χ1n) is 7.37. The quantitative estimate of drug-likeness (QED) is 0.872. The molecule has 3 rings (SSSR count). The number of para-hydroxylation sites is 1. The predicted octanol–water partition coefficient (Wildman–Crippen LogP) is 3.44. The van der Waals surface area contributed by atoms with Crippen molar-refractivity contribution in [1.29, 1.82) is 0 Å². The van der Waals surface area contributed by atoms with E-state index < -0.39 is 0 Å². The number of hydrogen-bond acceptors (Lipinski definition) is 3. The smallest absolute Gasteiger partial charge is 0.340 e. The Hall–Kier alpha value is -2.29. The van der Waals surface area contributed by atoms with E-state index in [4.69, 9.17) is 4.74 Å². The lowest BCUT2D eigenvalue weighted by Gasteiger charge is -2.16. The van der Waals surface area contributed by atoms with Gasteiger partial charge in [0.2, 0.25) is 0 Å². The molecule has 108 valence electrons. The number of hydrogen-bond donors (Lipinski definition) is 1. The van der Waals surface area contributed by atoms with E-state index >= 15 is 0 Å². The highest BCUT2D eigenvalue weighted by atomic mass is 16.5. The van der Waals surface area contributed by atoms with Gasteiger partial charge in [-0.15, -0.1) is 0 Å². The number of benzene rings is 2. The van der Waals surface area contributed by atoms with Crippen LogP contribution in [0.3, 0.4) is 0 Å². The van der Waals surface area contributed by atoms with Gasteiger partial charge in [0.25, 0.3) is 0 Å².